The lowest BCUT2D eigenvalue weighted by atomic mass is 10.1. The number of alkyl halides is 3. The number of nitrogens with one attached hydrogen (secondary N) is 1. The number of hydrogen-bond acceptors (Lipinski definition) is 1. The largest absolute Gasteiger partial charge is 0.431 e. The second-order valence-corrected chi connectivity index (χ2v) is 4.16. The first kappa shape index (κ1) is 11.2. The van der Waals surface area contributed by atoms with Gasteiger partial charge in [-0.3, -0.25) is 4.79 Å². The van der Waals surface area contributed by atoms with Crippen molar-refractivity contribution in [2.45, 2.75) is 6.18 Å². The van der Waals surface area contributed by atoms with Crippen LogP contribution >= 0.6 is 15.9 Å². The standard InChI is InChI=1S/C10H5BrF3NO/c11-6-2-1-5-3-8(10(12,13)14)15-9(16)7(5)4-6/h1-4H,(H,15,16). The van der Waals surface area contributed by atoms with Gasteiger partial charge < -0.3 is 4.98 Å². The maximum absolute atomic E-state index is 12.4. The van der Waals surface area contributed by atoms with Gasteiger partial charge in [-0.25, -0.2) is 0 Å². The number of benzene rings is 1. The summed E-state index contributed by atoms with van der Waals surface area (Å²) in [6.45, 7) is 0. The van der Waals surface area contributed by atoms with E-state index in [1.807, 2.05) is 4.98 Å². The minimum Gasteiger partial charge on any atom is -0.318 e. The van der Waals surface area contributed by atoms with Gasteiger partial charge in [0.15, 0.2) is 0 Å². The van der Waals surface area contributed by atoms with Crippen molar-refractivity contribution in [1.29, 1.82) is 0 Å². The van der Waals surface area contributed by atoms with E-state index in [9.17, 15) is 18.0 Å². The van der Waals surface area contributed by atoms with Crippen LogP contribution in [0.3, 0.4) is 0 Å². The van der Waals surface area contributed by atoms with Crippen LogP contribution in [0.25, 0.3) is 10.8 Å². The Kier molecular flexibility index (Phi) is 2.53. The van der Waals surface area contributed by atoms with Crippen LogP contribution in [0.4, 0.5) is 13.2 Å². The number of aromatic amines is 1. The van der Waals surface area contributed by atoms with Crippen LogP contribution in [0.15, 0.2) is 33.5 Å². The van der Waals surface area contributed by atoms with Crippen molar-refractivity contribution in [1.82, 2.24) is 4.98 Å². The third-order valence-corrected chi connectivity index (χ3v) is 2.61. The van der Waals surface area contributed by atoms with Crippen LogP contribution in [-0.4, -0.2) is 4.98 Å². The van der Waals surface area contributed by atoms with E-state index in [-0.39, 0.29) is 10.8 Å². The molecule has 2 nitrogen and oxygen atoms in total. The molecular weight excluding hydrogens is 287 g/mol. The van der Waals surface area contributed by atoms with Crippen molar-refractivity contribution in [3.05, 3.63) is 44.8 Å². The molecule has 0 spiro atoms. The van der Waals surface area contributed by atoms with Gasteiger partial charge >= 0.3 is 6.18 Å². The molecule has 6 heteroatoms. The van der Waals surface area contributed by atoms with Gasteiger partial charge in [0.05, 0.1) is 0 Å². The Morgan fingerprint density at radius 2 is 1.88 bits per heavy atom. The van der Waals surface area contributed by atoms with Crippen LogP contribution in [-0.2, 0) is 6.18 Å². The van der Waals surface area contributed by atoms with E-state index in [2.05, 4.69) is 15.9 Å². The Labute approximate surface area is 96.2 Å². The van der Waals surface area contributed by atoms with E-state index in [0.29, 0.717) is 4.47 Å². The fraction of sp³-hybridized carbons (Fsp3) is 0.100. The monoisotopic (exact) mass is 291 g/mol. The predicted octanol–water partition coefficient (Wildman–Crippen LogP) is 3.31. The van der Waals surface area contributed by atoms with Crippen LogP contribution < -0.4 is 5.56 Å². The fourth-order valence-corrected chi connectivity index (χ4v) is 1.75. The highest BCUT2D eigenvalue weighted by molar-refractivity contribution is 9.10. The molecule has 0 aliphatic carbocycles. The Balaban J connectivity index is 2.79. The number of pyridine rings is 1. The average Bonchev–Trinajstić information content (AvgIpc) is 2.17. The average molecular weight is 292 g/mol. The quantitative estimate of drug-likeness (QED) is 0.794. The summed E-state index contributed by atoms with van der Waals surface area (Å²) in [5.41, 5.74) is -1.78. The molecular formula is C10H5BrF3NO. The lowest BCUT2D eigenvalue weighted by Crippen LogP contribution is -2.16. The molecule has 2 rings (SSSR count). The molecule has 1 aromatic heterocycles. The lowest BCUT2D eigenvalue weighted by molar-refractivity contribution is -0.141. The summed E-state index contributed by atoms with van der Waals surface area (Å²) < 4.78 is 37.8. The molecule has 2 aromatic rings. The van der Waals surface area contributed by atoms with Gasteiger partial charge in [0, 0.05) is 9.86 Å². The second kappa shape index (κ2) is 3.62. The topological polar surface area (TPSA) is 32.9 Å². The molecule has 0 fully saturated rings. The summed E-state index contributed by atoms with van der Waals surface area (Å²) in [5.74, 6) is 0. The number of rotatable bonds is 0. The van der Waals surface area contributed by atoms with Crippen molar-refractivity contribution in [2.24, 2.45) is 0 Å². The Morgan fingerprint density at radius 1 is 1.19 bits per heavy atom. The van der Waals surface area contributed by atoms with E-state index < -0.39 is 17.4 Å². The van der Waals surface area contributed by atoms with Crippen LogP contribution in [0.5, 0.6) is 0 Å². The summed E-state index contributed by atoms with van der Waals surface area (Å²) in [6, 6.07) is 5.45. The zero-order valence-corrected chi connectivity index (χ0v) is 9.32. The number of halogens is 4. The Morgan fingerprint density at radius 3 is 2.50 bits per heavy atom. The molecule has 0 aliphatic rings. The van der Waals surface area contributed by atoms with Gasteiger partial charge in [-0.05, 0) is 23.6 Å². The van der Waals surface area contributed by atoms with Crippen LogP contribution in [0.1, 0.15) is 5.69 Å². The molecule has 0 unspecified atom stereocenters. The molecule has 0 bridgehead atoms. The maximum atomic E-state index is 12.4. The lowest BCUT2D eigenvalue weighted by Gasteiger charge is -2.07. The SMILES string of the molecule is O=c1[nH]c(C(F)(F)F)cc2ccc(Br)cc12. The van der Waals surface area contributed by atoms with Crippen LogP contribution in [0.2, 0.25) is 0 Å². The van der Waals surface area contributed by atoms with Gasteiger partial charge in [0.1, 0.15) is 5.69 Å². The van der Waals surface area contributed by atoms with Crippen molar-refractivity contribution >= 4 is 26.7 Å². The molecule has 84 valence electrons. The first-order chi connectivity index (χ1) is 7.38. The van der Waals surface area contributed by atoms with Gasteiger partial charge in [-0.1, -0.05) is 22.0 Å². The van der Waals surface area contributed by atoms with E-state index in [0.717, 1.165) is 6.07 Å². The minimum absolute atomic E-state index is 0.224. The maximum Gasteiger partial charge on any atom is 0.431 e. The zero-order valence-electron chi connectivity index (χ0n) is 7.73. The third-order valence-electron chi connectivity index (χ3n) is 2.11. The summed E-state index contributed by atoms with van der Waals surface area (Å²) in [4.78, 5) is 13.2. The normalized spacial score (nSPS) is 12.0. The molecule has 0 radical (unpaired) electrons. The first-order valence-corrected chi connectivity index (χ1v) is 5.07. The Hall–Kier alpha value is -1.30. The van der Waals surface area contributed by atoms with Crippen LogP contribution in [0, 0.1) is 0 Å². The van der Waals surface area contributed by atoms with Crippen molar-refractivity contribution < 1.29 is 13.2 Å². The number of fused-ring (bicyclic) bond motifs is 1. The van der Waals surface area contributed by atoms with Gasteiger partial charge in [-0.15, -0.1) is 0 Å². The smallest absolute Gasteiger partial charge is 0.318 e. The molecule has 16 heavy (non-hydrogen) atoms. The second-order valence-electron chi connectivity index (χ2n) is 3.24. The molecule has 0 saturated heterocycles. The molecule has 0 atom stereocenters. The summed E-state index contributed by atoms with van der Waals surface area (Å²) >= 11 is 3.15. The molecule has 0 aliphatic heterocycles. The molecule has 0 amide bonds. The van der Waals surface area contributed by atoms with Gasteiger partial charge in [-0.2, -0.15) is 13.2 Å². The highest BCUT2D eigenvalue weighted by Crippen LogP contribution is 2.28. The number of aromatic nitrogens is 1. The molecule has 1 aromatic carbocycles. The summed E-state index contributed by atoms with van der Waals surface area (Å²) in [6.07, 6.45) is -4.54. The molecule has 1 N–H and O–H groups in total. The zero-order chi connectivity index (χ0) is 11.9. The van der Waals surface area contributed by atoms with E-state index in [1.165, 1.54) is 12.1 Å². The van der Waals surface area contributed by atoms with Gasteiger partial charge in [0.25, 0.3) is 5.56 Å². The molecule has 0 saturated carbocycles. The summed E-state index contributed by atoms with van der Waals surface area (Å²) in [5, 5.41) is 0.488. The summed E-state index contributed by atoms with van der Waals surface area (Å²) in [7, 11) is 0. The minimum atomic E-state index is -4.54. The molecule has 1 heterocycles. The number of H-pyrrole nitrogens is 1. The third kappa shape index (κ3) is 1.97. The van der Waals surface area contributed by atoms with E-state index in [4.69, 9.17) is 0 Å². The van der Waals surface area contributed by atoms with Crippen molar-refractivity contribution in [2.75, 3.05) is 0 Å². The van der Waals surface area contributed by atoms with E-state index in [1.54, 1.807) is 6.07 Å². The predicted molar refractivity (Wildman–Crippen MR) is 57.3 cm³/mol. The highest BCUT2D eigenvalue weighted by Gasteiger charge is 2.32. The van der Waals surface area contributed by atoms with Crippen molar-refractivity contribution in [3.63, 3.8) is 0 Å². The fourth-order valence-electron chi connectivity index (χ4n) is 1.38. The number of hydrogen-bond donors (Lipinski definition) is 1. The first-order valence-electron chi connectivity index (χ1n) is 4.28. The van der Waals surface area contributed by atoms with Crippen molar-refractivity contribution in [3.8, 4) is 0 Å². The van der Waals surface area contributed by atoms with Gasteiger partial charge in [0.2, 0.25) is 0 Å². The van der Waals surface area contributed by atoms with E-state index >= 15 is 0 Å². The highest BCUT2D eigenvalue weighted by atomic mass is 79.9. The Bertz CT molecular complexity index is 603.